The molecule has 0 aromatic carbocycles. The molecule has 19 heavy (non-hydrogen) atoms. The molecule has 0 bridgehead atoms. The number of aromatic nitrogens is 3. The van der Waals surface area contributed by atoms with Gasteiger partial charge in [0.25, 0.3) is 0 Å². The van der Waals surface area contributed by atoms with Gasteiger partial charge in [0.2, 0.25) is 16.5 Å². The molecule has 1 unspecified atom stereocenters. The van der Waals surface area contributed by atoms with Crippen LogP contribution in [-0.4, -0.2) is 65.3 Å². The number of rotatable bonds is 2. The van der Waals surface area contributed by atoms with E-state index in [0.717, 1.165) is 45.8 Å². The summed E-state index contributed by atoms with van der Waals surface area (Å²) >= 11 is 11.6. The molecule has 0 N–H and O–H groups in total. The zero-order chi connectivity index (χ0) is 13.2. The molecule has 8 heteroatoms. The van der Waals surface area contributed by atoms with Crippen molar-refractivity contribution in [1.29, 1.82) is 0 Å². The predicted octanol–water partition coefficient (Wildman–Crippen LogP) is 1.09. The summed E-state index contributed by atoms with van der Waals surface area (Å²) in [6, 6.07) is 0.526. The molecule has 0 amide bonds. The molecule has 2 aliphatic heterocycles. The fraction of sp³-hybridized carbons (Fsp3) is 0.727. The van der Waals surface area contributed by atoms with Crippen molar-refractivity contribution < 1.29 is 4.74 Å². The Morgan fingerprint density at radius 1 is 1.00 bits per heavy atom. The van der Waals surface area contributed by atoms with E-state index in [9.17, 15) is 0 Å². The molecule has 1 aromatic rings. The van der Waals surface area contributed by atoms with E-state index in [1.54, 1.807) is 0 Å². The van der Waals surface area contributed by atoms with Gasteiger partial charge >= 0.3 is 0 Å². The number of anilines is 1. The Labute approximate surface area is 121 Å². The van der Waals surface area contributed by atoms with E-state index in [1.807, 2.05) is 0 Å². The molecule has 2 saturated heterocycles. The van der Waals surface area contributed by atoms with Crippen LogP contribution in [0.4, 0.5) is 5.95 Å². The fourth-order valence-electron chi connectivity index (χ4n) is 2.62. The van der Waals surface area contributed by atoms with Crippen LogP contribution in [0.1, 0.15) is 6.42 Å². The lowest BCUT2D eigenvalue weighted by Gasteiger charge is -2.32. The zero-order valence-corrected chi connectivity index (χ0v) is 11.9. The van der Waals surface area contributed by atoms with Crippen molar-refractivity contribution in [2.45, 2.75) is 12.5 Å². The number of halogens is 2. The third kappa shape index (κ3) is 3.08. The minimum absolute atomic E-state index is 0.143. The maximum absolute atomic E-state index is 5.81. The van der Waals surface area contributed by atoms with Gasteiger partial charge in [0.05, 0.1) is 13.2 Å². The highest BCUT2D eigenvalue weighted by Gasteiger charge is 2.30. The normalized spacial score (nSPS) is 24.9. The van der Waals surface area contributed by atoms with Crippen molar-refractivity contribution in [2.24, 2.45) is 0 Å². The second kappa shape index (κ2) is 5.75. The molecule has 3 heterocycles. The van der Waals surface area contributed by atoms with Crippen LogP contribution in [0.25, 0.3) is 0 Å². The number of nitrogens with zero attached hydrogens (tertiary/aromatic N) is 5. The second-order valence-electron chi connectivity index (χ2n) is 4.71. The summed E-state index contributed by atoms with van der Waals surface area (Å²) in [6.07, 6.45) is 1.10. The molecule has 0 saturated carbocycles. The van der Waals surface area contributed by atoms with Crippen LogP contribution in [0.15, 0.2) is 0 Å². The Hall–Kier alpha value is -0.690. The molecular formula is C11H15Cl2N5O. The topological polar surface area (TPSA) is 54.4 Å². The molecule has 1 aromatic heterocycles. The standard InChI is InChI=1S/C11H15Cl2N5O/c12-9-14-10(13)16-11(15-9)18-2-1-8(7-18)17-3-5-19-6-4-17/h8H,1-7H2. The van der Waals surface area contributed by atoms with Crippen LogP contribution >= 0.6 is 23.2 Å². The van der Waals surface area contributed by atoms with Gasteiger partial charge in [-0.15, -0.1) is 0 Å². The van der Waals surface area contributed by atoms with E-state index >= 15 is 0 Å². The highest BCUT2D eigenvalue weighted by atomic mass is 35.5. The van der Waals surface area contributed by atoms with Crippen LogP contribution in [-0.2, 0) is 4.74 Å². The van der Waals surface area contributed by atoms with Crippen LogP contribution in [0, 0.1) is 0 Å². The first-order valence-corrected chi connectivity index (χ1v) is 7.12. The van der Waals surface area contributed by atoms with Gasteiger partial charge in [-0.2, -0.15) is 15.0 Å². The van der Waals surface area contributed by atoms with Gasteiger partial charge in [-0.3, -0.25) is 4.90 Å². The van der Waals surface area contributed by atoms with E-state index < -0.39 is 0 Å². The van der Waals surface area contributed by atoms with Gasteiger partial charge < -0.3 is 9.64 Å². The Morgan fingerprint density at radius 2 is 1.68 bits per heavy atom. The van der Waals surface area contributed by atoms with E-state index in [0.29, 0.717) is 12.0 Å². The van der Waals surface area contributed by atoms with Crippen LogP contribution in [0.3, 0.4) is 0 Å². The number of morpholine rings is 1. The minimum atomic E-state index is 0.143. The third-order valence-corrected chi connectivity index (χ3v) is 3.92. The molecule has 2 aliphatic rings. The van der Waals surface area contributed by atoms with Gasteiger partial charge in [0.15, 0.2) is 0 Å². The Kier molecular flexibility index (Phi) is 4.02. The van der Waals surface area contributed by atoms with Gasteiger partial charge in [0.1, 0.15) is 0 Å². The molecule has 1 atom stereocenters. The van der Waals surface area contributed by atoms with Crippen molar-refractivity contribution in [3.05, 3.63) is 10.6 Å². The van der Waals surface area contributed by atoms with Crippen molar-refractivity contribution in [1.82, 2.24) is 19.9 Å². The Morgan fingerprint density at radius 3 is 2.37 bits per heavy atom. The molecule has 0 spiro atoms. The number of hydrogen-bond donors (Lipinski definition) is 0. The van der Waals surface area contributed by atoms with Crippen LogP contribution in [0.5, 0.6) is 0 Å². The predicted molar refractivity (Wildman–Crippen MR) is 72.9 cm³/mol. The van der Waals surface area contributed by atoms with Crippen molar-refractivity contribution >= 4 is 29.2 Å². The fourth-order valence-corrected chi connectivity index (χ4v) is 2.98. The van der Waals surface area contributed by atoms with Crippen molar-refractivity contribution in [3.63, 3.8) is 0 Å². The molecule has 0 radical (unpaired) electrons. The quantitative estimate of drug-likeness (QED) is 0.815. The van der Waals surface area contributed by atoms with Crippen LogP contribution in [0.2, 0.25) is 10.6 Å². The highest BCUT2D eigenvalue weighted by Crippen LogP contribution is 2.22. The zero-order valence-electron chi connectivity index (χ0n) is 10.4. The first-order valence-electron chi connectivity index (χ1n) is 6.36. The smallest absolute Gasteiger partial charge is 0.231 e. The van der Waals surface area contributed by atoms with Crippen molar-refractivity contribution in [2.75, 3.05) is 44.3 Å². The molecule has 3 rings (SSSR count). The van der Waals surface area contributed by atoms with E-state index in [-0.39, 0.29) is 10.6 Å². The molecule has 6 nitrogen and oxygen atoms in total. The molecular weight excluding hydrogens is 289 g/mol. The van der Waals surface area contributed by atoms with Gasteiger partial charge in [-0.05, 0) is 29.6 Å². The summed E-state index contributed by atoms with van der Waals surface area (Å²) in [4.78, 5) is 16.6. The first kappa shape index (κ1) is 13.3. The average Bonchev–Trinajstić information content (AvgIpc) is 2.88. The average molecular weight is 304 g/mol. The lowest BCUT2D eigenvalue weighted by atomic mass is 10.2. The summed E-state index contributed by atoms with van der Waals surface area (Å²) < 4.78 is 5.38. The lowest BCUT2D eigenvalue weighted by molar-refractivity contribution is 0.0209. The molecule has 2 fully saturated rings. The van der Waals surface area contributed by atoms with E-state index in [2.05, 4.69) is 24.8 Å². The third-order valence-electron chi connectivity index (χ3n) is 3.58. The Bertz CT molecular complexity index is 434. The molecule has 0 aliphatic carbocycles. The van der Waals surface area contributed by atoms with E-state index in [4.69, 9.17) is 27.9 Å². The monoisotopic (exact) mass is 303 g/mol. The summed E-state index contributed by atoms with van der Waals surface area (Å²) in [5, 5.41) is 0.287. The highest BCUT2D eigenvalue weighted by molar-refractivity contribution is 6.31. The van der Waals surface area contributed by atoms with Gasteiger partial charge in [-0.25, -0.2) is 0 Å². The summed E-state index contributed by atoms with van der Waals surface area (Å²) in [5.74, 6) is 0.570. The van der Waals surface area contributed by atoms with Crippen LogP contribution < -0.4 is 4.90 Å². The largest absolute Gasteiger partial charge is 0.379 e. The lowest BCUT2D eigenvalue weighted by Crippen LogP contribution is -2.44. The number of ether oxygens (including phenoxy) is 1. The summed E-state index contributed by atoms with van der Waals surface area (Å²) in [6.45, 7) is 5.45. The van der Waals surface area contributed by atoms with Crippen molar-refractivity contribution in [3.8, 4) is 0 Å². The number of hydrogen-bond acceptors (Lipinski definition) is 6. The molecule has 104 valence electrons. The van der Waals surface area contributed by atoms with E-state index in [1.165, 1.54) is 0 Å². The Balaban J connectivity index is 1.67. The first-order chi connectivity index (χ1) is 9.22. The summed E-state index contributed by atoms with van der Waals surface area (Å²) in [7, 11) is 0. The summed E-state index contributed by atoms with van der Waals surface area (Å²) in [5.41, 5.74) is 0. The SMILES string of the molecule is Clc1nc(Cl)nc(N2CCC(N3CCOCC3)C2)n1. The van der Waals surface area contributed by atoms with Gasteiger partial charge in [0, 0.05) is 32.2 Å². The maximum Gasteiger partial charge on any atom is 0.231 e. The minimum Gasteiger partial charge on any atom is -0.379 e. The second-order valence-corrected chi connectivity index (χ2v) is 5.39. The maximum atomic E-state index is 5.81. The van der Waals surface area contributed by atoms with Gasteiger partial charge in [-0.1, -0.05) is 0 Å².